The lowest BCUT2D eigenvalue weighted by atomic mass is 10.0. The van der Waals surface area contributed by atoms with Gasteiger partial charge in [-0.05, 0) is 128 Å². The summed E-state index contributed by atoms with van der Waals surface area (Å²) in [6.07, 6.45) is 118. The highest BCUT2D eigenvalue weighted by Gasteiger charge is 2.25. The number of esters is 2. The van der Waals surface area contributed by atoms with E-state index in [1.807, 2.05) is 21.1 Å². The number of allylic oxidation sites excluding steroid dienone is 28. The molecule has 0 aliphatic heterocycles. The second kappa shape index (κ2) is 80.3. The summed E-state index contributed by atoms with van der Waals surface area (Å²) in [5.74, 6) is -2.02. The van der Waals surface area contributed by atoms with E-state index < -0.39 is 24.3 Å². The number of carbonyl (C=O) groups is 3. The monoisotopic (exact) mass is 1400 g/mol. The van der Waals surface area contributed by atoms with Crippen LogP contribution in [-0.4, -0.2) is 87.4 Å². The van der Waals surface area contributed by atoms with E-state index in [1.165, 1.54) is 167 Å². The number of carboxylic acid groups (broad SMARTS) is 1. The molecule has 0 fully saturated rings. The van der Waals surface area contributed by atoms with Crippen LogP contribution < -0.4 is 0 Å². The summed E-state index contributed by atoms with van der Waals surface area (Å²) >= 11 is 0. The van der Waals surface area contributed by atoms with Crippen molar-refractivity contribution in [3.8, 4) is 0 Å². The van der Waals surface area contributed by atoms with Gasteiger partial charge in [-0.1, -0.05) is 364 Å². The van der Waals surface area contributed by atoms with E-state index in [4.69, 9.17) is 18.9 Å². The van der Waals surface area contributed by atoms with E-state index >= 15 is 0 Å². The fourth-order valence-electron chi connectivity index (χ4n) is 11.3. The first kappa shape index (κ1) is 95.6. The molecule has 9 nitrogen and oxygen atoms in total. The second-order valence-corrected chi connectivity index (χ2v) is 28.3. The van der Waals surface area contributed by atoms with Crippen molar-refractivity contribution < 1.29 is 42.9 Å². The van der Waals surface area contributed by atoms with E-state index in [0.29, 0.717) is 23.9 Å². The van der Waals surface area contributed by atoms with Crippen LogP contribution in [0.2, 0.25) is 0 Å². The van der Waals surface area contributed by atoms with Gasteiger partial charge in [-0.25, -0.2) is 4.79 Å². The fraction of sp³-hybridized carbons (Fsp3) is 0.663. The number of unbranched alkanes of at least 4 members (excludes halogenated alkanes) is 32. The lowest BCUT2D eigenvalue weighted by Crippen LogP contribution is -2.40. The predicted molar refractivity (Wildman–Crippen MR) is 437 cm³/mol. The first-order chi connectivity index (χ1) is 49.6. The molecule has 574 valence electrons. The number of quaternary nitrogens is 1. The Bertz CT molecular complexity index is 2280. The maximum atomic E-state index is 13.0. The first-order valence-electron chi connectivity index (χ1n) is 41.3. The van der Waals surface area contributed by atoms with Gasteiger partial charge in [0.15, 0.2) is 6.10 Å². The maximum absolute atomic E-state index is 13.0. The summed E-state index contributed by atoms with van der Waals surface area (Å²) in [5.41, 5.74) is 0. The van der Waals surface area contributed by atoms with Gasteiger partial charge in [0.2, 0.25) is 0 Å². The summed E-state index contributed by atoms with van der Waals surface area (Å²) in [7, 11) is 5.98. The molecule has 0 aromatic carbocycles. The first-order valence-corrected chi connectivity index (χ1v) is 41.3. The summed E-state index contributed by atoms with van der Waals surface area (Å²) in [6.45, 7) is 4.65. The van der Waals surface area contributed by atoms with Crippen molar-refractivity contribution in [1.82, 2.24) is 0 Å². The van der Waals surface area contributed by atoms with Crippen LogP contribution in [0.3, 0.4) is 0 Å². The number of carboxylic acids is 1. The average molecular weight is 1400 g/mol. The normalized spacial score (nSPS) is 13.6. The summed E-state index contributed by atoms with van der Waals surface area (Å²) in [6, 6.07) is 0. The minimum atomic E-state index is -1.52. The quantitative estimate of drug-likeness (QED) is 0.0211. The molecule has 2 unspecified atom stereocenters. The zero-order chi connectivity index (χ0) is 73.2. The number of likely N-dealkylation sites (N-methyl/N-ethyl adjacent to an activating group) is 1. The lowest BCUT2D eigenvalue weighted by molar-refractivity contribution is -0.870. The molecule has 0 spiro atoms. The van der Waals surface area contributed by atoms with Crippen LogP contribution in [-0.2, 0) is 33.3 Å². The number of nitrogens with zero attached hydrogens (tertiary/aromatic N) is 1. The molecule has 0 aromatic heterocycles. The van der Waals surface area contributed by atoms with Gasteiger partial charge in [0.05, 0.1) is 34.4 Å². The fourth-order valence-corrected chi connectivity index (χ4v) is 11.3. The lowest BCUT2D eigenvalue weighted by Gasteiger charge is -2.25. The SMILES string of the molecule is CC/C=C\C/C=C\C/C=C\C/C=C\C/C=C\C/C=C\C/C=C\C/C=C\C/C=C\CCCCCCCCCC(=O)OC(COC(=O)CCCCCCCCCCCCCCCCCCCCCCCCCCC/C=C\C/C=C\C/C=C\C/C=C\C/C=C\CC)COC(OCC[N+](C)(C)C)C(=O)O. The van der Waals surface area contributed by atoms with Gasteiger partial charge in [0, 0.05) is 12.8 Å². The highest BCUT2D eigenvalue weighted by atomic mass is 16.7. The van der Waals surface area contributed by atoms with Crippen molar-refractivity contribution in [2.75, 3.05) is 47.5 Å². The predicted octanol–water partition coefficient (Wildman–Crippen LogP) is 26.9. The standard InChI is InChI=1S/C92H153NO8/c1-6-8-10-12-14-16-18-20-22-24-26-28-30-32-34-36-38-40-42-43-44-45-46-47-49-50-52-54-56-58-60-62-64-66-68-70-72-74-76-78-80-82-89(94)99-86-88(87-100-92(91(96)97)98-85-84-93(3,4)5)101-90(95)83-81-79-77-75-73-71-69-67-65-63-61-59-57-55-53-51-48-41-39-37-35-33-31-29-27-25-23-21-19-17-15-13-11-9-7-2/h8-11,14-17,20-23,26-29,32-35,39,41,51,53,57,59,63,65,88,92H,6-7,12-13,18-19,24-25,30-31,36-38,40,42-50,52,54-56,58,60-62,64,66-87H2,1-5H3/p+1/b10-8-,11-9-,16-14-,17-15-,22-20-,23-21-,28-26-,29-27-,34-32-,35-33-,41-39-,53-51-,59-57-,65-63-. The second-order valence-electron chi connectivity index (χ2n) is 28.3. The van der Waals surface area contributed by atoms with Crippen molar-refractivity contribution >= 4 is 17.9 Å². The third kappa shape index (κ3) is 81.8. The zero-order valence-corrected chi connectivity index (χ0v) is 65.8. The summed E-state index contributed by atoms with van der Waals surface area (Å²) in [5, 5.41) is 9.78. The molecule has 0 rings (SSSR count). The Balaban J connectivity index is 4.05. The topological polar surface area (TPSA) is 108 Å². The summed E-state index contributed by atoms with van der Waals surface area (Å²) in [4.78, 5) is 37.8. The number of rotatable bonds is 75. The smallest absolute Gasteiger partial charge is 0.361 e. The molecule has 0 aliphatic carbocycles. The number of carbonyl (C=O) groups excluding carboxylic acids is 2. The highest BCUT2D eigenvalue weighted by molar-refractivity contribution is 5.71. The van der Waals surface area contributed by atoms with Gasteiger partial charge in [0.1, 0.15) is 13.2 Å². The molecule has 2 atom stereocenters. The van der Waals surface area contributed by atoms with Crippen LogP contribution in [0.4, 0.5) is 0 Å². The molecule has 0 aromatic rings. The zero-order valence-electron chi connectivity index (χ0n) is 65.8. The molecule has 0 heterocycles. The van der Waals surface area contributed by atoms with E-state index in [1.54, 1.807) is 0 Å². The van der Waals surface area contributed by atoms with Crippen molar-refractivity contribution in [3.05, 3.63) is 170 Å². The van der Waals surface area contributed by atoms with E-state index in [9.17, 15) is 19.5 Å². The molecule has 0 amide bonds. The van der Waals surface area contributed by atoms with E-state index in [0.717, 1.165) is 135 Å². The summed E-state index contributed by atoms with van der Waals surface area (Å²) < 4.78 is 23.0. The number of hydrogen-bond donors (Lipinski definition) is 1. The Morgan fingerprint density at radius 2 is 0.535 bits per heavy atom. The molecule has 0 aliphatic rings. The third-order valence-electron chi connectivity index (χ3n) is 17.5. The Hall–Kier alpha value is -5.35. The van der Waals surface area contributed by atoms with Gasteiger partial charge in [-0.3, -0.25) is 9.59 Å². The van der Waals surface area contributed by atoms with Gasteiger partial charge < -0.3 is 28.5 Å². The minimum Gasteiger partial charge on any atom is -0.477 e. The van der Waals surface area contributed by atoms with Crippen LogP contribution >= 0.6 is 0 Å². The third-order valence-corrected chi connectivity index (χ3v) is 17.5. The van der Waals surface area contributed by atoms with Crippen LogP contribution in [0.5, 0.6) is 0 Å². The van der Waals surface area contributed by atoms with Crippen molar-refractivity contribution in [3.63, 3.8) is 0 Å². The molecular weight excluding hydrogens is 1250 g/mol. The molecule has 0 saturated heterocycles. The number of hydrogen-bond acceptors (Lipinski definition) is 7. The Morgan fingerprint density at radius 3 is 0.792 bits per heavy atom. The van der Waals surface area contributed by atoms with Gasteiger partial charge in [-0.2, -0.15) is 0 Å². The van der Waals surface area contributed by atoms with Crippen LogP contribution in [0.25, 0.3) is 0 Å². The Morgan fingerprint density at radius 1 is 0.297 bits per heavy atom. The van der Waals surface area contributed by atoms with E-state index in [2.05, 4.69) is 184 Å². The Labute approximate surface area is 622 Å². The maximum Gasteiger partial charge on any atom is 0.361 e. The molecule has 9 heteroatoms. The average Bonchev–Trinajstić information content (AvgIpc) is 1.25. The molecule has 101 heavy (non-hydrogen) atoms. The van der Waals surface area contributed by atoms with Crippen molar-refractivity contribution in [2.45, 2.75) is 347 Å². The molecule has 0 radical (unpaired) electrons. The van der Waals surface area contributed by atoms with Crippen molar-refractivity contribution in [2.24, 2.45) is 0 Å². The highest BCUT2D eigenvalue weighted by Crippen LogP contribution is 2.18. The largest absolute Gasteiger partial charge is 0.477 e. The molecule has 0 bridgehead atoms. The van der Waals surface area contributed by atoms with Crippen LogP contribution in [0.1, 0.15) is 335 Å². The molecular formula is C92H154NO8+. The van der Waals surface area contributed by atoms with E-state index in [-0.39, 0.29) is 32.2 Å². The van der Waals surface area contributed by atoms with Crippen molar-refractivity contribution in [1.29, 1.82) is 0 Å². The Kier molecular flexibility index (Phi) is 76.1. The molecule has 0 saturated carbocycles. The van der Waals surface area contributed by atoms with Crippen LogP contribution in [0, 0.1) is 0 Å². The van der Waals surface area contributed by atoms with Gasteiger partial charge >= 0.3 is 17.9 Å². The van der Waals surface area contributed by atoms with Crippen LogP contribution in [0.15, 0.2) is 170 Å². The number of aliphatic carboxylic acids is 1. The van der Waals surface area contributed by atoms with Gasteiger partial charge in [0.25, 0.3) is 6.29 Å². The minimum absolute atomic E-state index is 0.179. The molecule has 1 N–H and O–H groups in total. The number of ether oxygens (including phenoxy) is 4. The van der Waals surface area contributed by atoms with Gasteiger partial charge in [-0.15, -0.1) is 0 Å².